The monoisotopic (exact) mass is 184 g/mol. The van der Waals surface area contributed by atoms with Crippen LogP contribution >= 0.6 is 0 Å². The van der Waals surface area contributed by atoms with Crippen LogP contribution in [0.2, 0.25) is 0 Å². The minimum atomic E-state index is -1.50. The number of hydrazine groups is 1. The Bertz CT molecular complexity index is 149. The van der Waals surface area contributed by atoms with Crippen molar-refractivity contribution in [3.8, 4) is 0 Å². The summed E-state index contributed by atoms with van der Waals surface area (Å²) >= 11 is 0. The standard InChI is InChI=1S/CH4N4O2.HNO3.H3N/c2-1(3)4-5(6)7;2-1(3)4;/h(H4,2,3,4);(H,2,3,4);1H3. The van der Waals surface area contributed by atoms with Crippen LogP contribution in [0.5, 0.6) is 0 Å². The molecule has 0 aliphatic heterocycles. The van der Waals surface area contributed by atoms with Crippen molar-refractivity contribution in [1.82, 2.24) is 11.6 Å². The van der Waals surface area contributed by atoms with Gasteiger partial charge in [0.25, 0.3) is 5.09 Å². The van der Waals surface area contributed by atoms with Crippen LogP contribution in [0, 0.1) is 25.6 Å². The highest BCUT2D eigenvalue weighted by atomic mass is 16.9. The van der Waals surface area contributed by atoms with Gasteiger partial charge < -0.3 is 17.1 Å². The van der Waals surface area contributed by atoms with Gasteiger partial charge in [-0.15, -0.1) is 10.1 Å². The van der Waals surface area contributed by atoms with Crippen molar-refractivity contribution < 1.29 is 15.3 Å². The fourth-order valence-corrected chi connectivity index (χ4v) is 0.0983. The maximum Gasteiger partial charge on any atom is 0.291 e. The zero-order chi connectivity index (χ0) is 9.44. The first-order valence-corrected chi connectivity index (χ1v) is 1.94. The van der Waals surface area contributed by atoms with Crippen LogP contribution in [0.1, 0.15) is 0 Å². The van der Waals surface area contributed by atoms with Gasteiger partial charge in [0.2, 0.25) is 5.96 Å². The summed E-state index contributed by atoms with van der Waals surface area (Å²) in [4.78, 5) is 17.6. The van der Waals surface area contributed by atoms with Crippen LogP contribution in [0.25, 0.3) is 0 Å². The number of hydrogen-bond donors (Lipinski definition) is 5. The Kier molecular flexibility index (Phi) is 12.1. The third-order valence-corrected chi connectivity index (χ3v) is 0.212. The zero-order valence-electron chi connectivity index (χ0n) is 5.76. The third-order valence-electron chi connectivity index (χ3n) is 0.212. The lowest BCUT2D eigenvalue weighted by Gasteiger charge is -1.86. The second-order valence-electron chi connectivity index (χ2n) is 1.02. The second-order valence-corrected chi connectivity index (χ2v) is 1.02. The average Bonchev–Trinajstić information content (AvgIpc) is 1.56. The quantitative estimate of drug-likeness (QED) is 0.139. The highest BCUT2D eigenvalue weighted by molar-refractivity contribution is 5.72. The van der Waals surface area contributed by atoms with E-state index in [1.807, 2.05) is 0 Å². The fraction of sp³-hybridized carbons (Fsp3) is 0. The summed E-state index contributed by atoms with van der Waals surface area (Å²) in [6, 6.07) is 0. The van der Waals surface area contributed by atoms with Gasteiger partial charge in [0, 0.05) is 0 Å². The van der Waals surface area contributed by atoms with E-state index in [9.17, 15) is 10.1 Å². The molecule has 0 fully saturated rings. The molecule has 0 aliphatic carbocycles. The van der Waals surface area contributed by atoms with Gasteiger partial charge in [-0.05, 0) is 0 Å². The van der Waals surface area contributed by atoms with Gasteiger partial charge in [0.05, 0.1) is 0 Å². The highest BCUT2D eigenvalue weighted by Gasteiger charge is 1.91. The molecule has 0 radical (unpaired) electrons. The molecular weight excluding hydrogens is 176 g/mol. The molecule has 0 aromatic heterocycles. The van der Waals surface area contributed by atoms with E-state index < -0.39 is 16.1 Å². The summed E-state index contributed by atoms with van der Waals surface area (Å²) in [6.45, 7) is 0. The largest absolute Gasteiger partial charge is 0.366 e. The number of nitrogens with one attached hydrogen (secondary N) is 2. The van der Waals surface area contributed by atoms with Gasteiger partial charge in [-0.1, -0.05) is 5.43 Å². The topological polar surface area (TPSA) is 203 Å². The van der Waals surface area contributed by atoms with Crippen molar-refractivity contribution in [3.05, 3.63) is 20.2 Å². The first kappa shape index (κ1) is 16.4. The smallest absolute Gasteiger partial charge is 0.291 e. The molecule has 0 rings (SSSR count). The first-order valence-electron chi connectivity index (χ1n) is 1.94. The molecule has 0 aliphatic rings. The third kappa shape index (κ3) is 109. The van der Waals surface area contributed by atoms with Gasteiger partial charge in [0.1, 0.15) is 0 Å². The summed E-state index contributed by atoms with van der Waals surface area (Å²) in [5.74, 6) is -0.662. The number of nitro groups is 1. The summed E-state index contributed by atoms with van der Waals surface area (Å²) in [5.41, 5.74) is 5.91. The maximum atomic E-state index is 9.28. The van der Waals surface area contributed by atoms with Crippen molar-refractivity contribution >= 4 is 5.96 Å². The molecule has 0 spiro atoms. The van der Waals surface area contributed by atoms with Crippen LogP contribution in [0.3, 0.4) is 0 Å². The molecule has 0 unspecified atom stereocenters. The summed E-state index contributed by atoms with van der Waals surface area (Å²) in [6.07, 6.45) is 0. The maximum absolute atomic E-state index is 9.28. The lowest BCUT2D eigenvalue weighted by Crippen LogP contribution is -2.34. The van der Waals surface area contributed by atoms with Crippen LogP contribution in [0.4, 0.5) is 0 Å². The van der Waals surface area contributed by atoms with E-state index >= 15 is 0 Å². The lowest BCUT2D eigenvalue weighted by molar-refractivity contribution is -0.742. The molecule has 12 heavy (non-hydrogen) atoms. The molecular formula is CH8N6O5. The Labute approximate surface area is 65.5 Å². The summed E-state index contributed by atoms with van der Waals surface area (Å²) < 4.78 is 0. The Morgan fingerprint density at radius 2 is 1.75 bits per heavy atom. The van der Waals surface area contributed by atoms with Crippen molar-refractivity contribution in [3.63, 3.8) is 0 Å². The Hall–Kier alpha value is -2.17. The molecule has 0 aromatic rings. The van der Waals surface area contributed by atoms with E-state index in [1.54, 1.807) is 0 Å². The normalized spacial score (nSPS) is 6.33. The number of nitrogens with zero attached hydrogens (tertiary/aromatic N) is 2. The van der Waals surface area contributed by atoms with Crippen molar-refractivity contribution in [2.75, 3.05) is 0 Å². The van der Waals surface area contributed by atoms with Crippen LogP contribution in [0.15, 0.2) is 0 Å². The van der Waals surface area contributed by atoms with Crippen LogP contribution < -0.4 is 17.3 Å². The number of rotatable bonds is 1. The van der Waals surface area contributed by atoms with E-state index in [-0.39, 0.29) is 6.15 Å². The van der Waals surface area contributed by atoms with E-state index in [0.29, 0.717) is 0 Å². The number of guanidine groups is 1. The minimum Gasteiger partial charge on any atom is -0.366 e. The number of nitrogens with two attached hydrogens (primary N) is 1. The van der Waals surface area contributed by atoms with E-state index in [2.05, 4.69) is 5.73 Å². The lowest BCUT2D eigenvalue weighted by atomic mass is 11.1. The summed E-state index contributed by atoms with van der Waals surface area (Å²) in [5, 5.41) is 28.3. The van der Waals surface area contributed by atoms with Crippen LogP contribution in [-0.2, 0) is 0 Å². The van der Waals surface area contributed by atoms with E-state index in [4.69, 9.17) is 20.7 Å². The van der Waals surface area contributed by atoms with Gasteiger partial charge in [-0.25, -0.2) is 10.1 Å². The van der Waals surface area contributed by atoms with E-state index in [0.717, 1.165) is 0 Å². The zero-order valence-corrected chi connectivity index (χ0v) is 5.76. The number of hydrogen-bond acceptors (Lipinski definition) is 6. The highest BCUT2D eigenvalue weighted by Crippen LogP contribution is 1.50. The molecule has 0 aromatic carbocycles. The second kappa shape index (κ2) is 8.83. The molecule has 0 saturated heterocycles. The van der Waals surface area contributed by atoms with Crippen molar-refractivity contribution in [2.45, 2.75) is 0 Å². The Morgan fingerprint density at radius 1 is 1.50 bits per heavy atom. The van der Waals surface area contributed by atoms with E-state index in [1.165, 1.54) is 5.43 Å². The van der Waals surface area contributed by atoms with Gasteiger partial charge >= 0.3 is 0 Å². The van der Waals surface area contributed by atoms with Gasteiger partial charge in [-0.3, -0.25) is 5.41 Å². The molecule has 0 saturated carbocycles. The molecule has 8 N–H and O–H groups in total. The molecule has 0 atom stereocenters. The average molecular weight is 184 g/mol. The molecule has 0 amide bonds. The minimum absolute atomic E-state index is 0. The Morgan fingerprint density at radius 3 is 1.75 bits per heavy atom. The predicted molar refractivity (Wildman–Crippen MR) is 35.8 cm³/mol. The Balaban J connectivity index is -0.000000142. The first-order chi connectivity index (χ1) is 4.86. The molecule has 11 nitrogen and oxygen atoms in total. The van der Waals surface area contributed by atoms with Gasteiger partial charge in [-0.2, -0.15) is 0 Å². The summed E-state index contributed by atoms with van der Waals surface area (Å²) in [7, 11) is 0. The van der Waals surface area contributed by atoms with Crippen LogP contribution in [-0.4, -0.2) is 21.3 Å². The fourth-order valence-electron chi connectivity index (χ4n) is 0.0983. The molecule has 0 heterocycles. The van der Waals surface area contributed by atoms with Gasteiger partial charge in [0.15, 0.2) is 5.03 Å². The SMILES string of the molecule is N.N=C(N)N[N+](=O)[O-].O=[N+]([O-])O. The molecule has 11 heteroatoms. The van der Waals surface area contributed by atoms with Crippen molar-refractivity contribution in [2.24, 2.45) is 5.73 Å². The molecule has 72 valence electrons. The van der Waals surface area contributed by atoms with Crippen molar-refractivity contribution in [1.29, 1.82) is 5.41 Å². The predicted octanol–water partition coefficient (Wildman–Crippen LogP) is -1.52. The molecule has 0 bridgehead atoms.